The molecular formula is C21H36FIN6. The Bertz CT molecular complexity index is 683. The number of guanidine groups is 1. The molecular weight excluding hydrogens is 482 g/mol. The maximum Gasteiger partial charge on any atom is 0.191 e. The molecule has 6 nitrogen and oxygen atoms in total. The number of nitrogens with one attached hydrogen (secondary N) is 2. The third-order valence-electron chi connectivity index (χ3n) is 5.99. The molecule has 0 radical (unpaired) electrons. The highest BCUT2D eigenvalue weighted by Crippen LogP contribution is 2.23. The van der Waals surface area contributed by atoms with Gasteiger partial charge in [-0.2, -0.15) is 0 Å². The standard InChI is InChI=1S/C21H35FN6.HI/c1-16-7-6-11-28(13-16)21(2,3)15-25-20(23-4)26-17-9-12-27(14-17)19-18(22)8-5-10-24-19;/h5,8,10,16-17H,6-7,9,11-15H2,1-4H3,(H2,23,25,26);1H. The van der Waals surface area contributed by atoms with Crippen molar-refractivity contribution >= 4 is 35.8 Å². The van der Waals surface area contributed by atoms with Crippen LogP contribution in [0.3, 0.4) is 0 Å². The van der Waals surface area contributed by atoms with Crippen molar-refractivity contribution in [1.29, 1.82) is 0 Å². The van der Waals surface area contributed by atoms with E-state index < -0.39 is 0 Å². The zero-order valence-corrected chi connectivity index (χ0v) is 20.4. The average molecular weight is 518 g/mol. The summed E-state index contributed by atoms with van der Waals surface area (Å²) in [5.74, 6) is 1.76. The monoisotopic (exact) mass is 518 g/mol. The van der Waals surface area contributed by atoms with Crippen molar-refractivity contribution in [3.63, 3.8) is 0 Å². The number of rotatable bonds is 5. The van der Waals surface area contributed by atoms with Crippen molar-refractivity contribution in [3.05, 3.63) is 24.1 Å². The summed E-state index contributed by atoms with van der Waals surface area (Å²) in [4.78, 5) is 13.2. The number of aromatic nitrogens is 1. The Labute approximate surface area is 191 Å². The van der Waals surface area contributed by atoms with Crippen molar-refractivity contribution in [3.8, 4) is 0 Å². The van der Waals surface area contributed by atoms with Crippen molar-refractivity contribution in [1.82, 2.24) is 20.5 Å². The summed E-state index contributed by atoms with van der Waals surface area (Å²) in [7, 11) is 1.80. The number of likely N-dealkylation sites (tertiary alicyclic amines) is 1. The fourth-order valence-electron chi connectivity index (χ4n) is 4.22. The molecule has 0 saturated carbocycles. The van der Waals surface area contributed by atoms with Crippen LogP contribution in [-0.4, -0.2) is 67.2 Å². The zero-order chi connectivity index (χ0) is 20.1. The van der Waals surface area contributed by atoms with Gasteiger partial charge >= 0.3 is 0 Å². The van der Waals surface area contributed by atoms with E-state index in [1.165, 1.54) is 18.9 Å². The molecule has 0 aliphatic carbocycles. The molecule has 0 bridgehead atoms. The average Bonchev–Trinajstić information content (AvgIpc) is 3.14. The van der Waals surface area contributed by atoms with Gasteiger partial charge < -0.3 is 15.5 Å². The molecule has 2 unspecified atom stereocenters. The Morgan fingerprint density at radius 1 is 1.31 bits per heavy atom. The Hall–Kier alpha value is -1.16. The Kier molecular flexibility index (Phi) is 8.93. The molecule has 2 aliphatic rings. The molecule has 0 amide bonds. The van der Waals surface area contributed by atoms with Crippen molar-refractivity contribution < 1.29 is 4.39 Å². The maximum absolute atomic E-state index is 14.0. The number of piperidine rings is 1. The van der Waals surface area contributed by atoms with E-state index in [0.29, 0.717) is 5.82 Å². The Balaban J connectivity index is 0.00000300. The van der Waals surface area contributed by atoms with Crippen LogP contribution in [0.5, 0.6) is 0 Å². The third-order valence-corrected chi connectivity index (χ3v) is 5.99. The van der Waals surface area contributed by atoms with Crippen LogP contribution in [0, 0.1) is 11.7 Å². The molecule has 0 spiro atoms. The van der Waals surface area contributed by atoms with Crippen molar-refractivity contribution in [2.75, 3.05) is 44.7 Å². The summed E-state index contributed by atoms with van der Waals surface area (Å²) in [6, 6.07) is 3.32. The SMILES string of the molecule is CN=C(NCC(C)(C)N1CCCC(C)C1)NC1CCN(c2ncccc2F)C1.I. The highest BCUT2D eigenvalue weighted by atomic mass is 127. The molecule has 29 heavy (non-hydrogen) atoms. The molecule has 0 aromatic carbocycles. The van der Waals surface area contributed by atoms with Gasteiger partial charge in [0.2, 0.25) is 0 Å². The molecule has 2 fully saturated rings. The fourth-order valence-corrected chi connectivity index (χ4v) is 4.22. The van der Waals surface area contributed by atoms with Crippen LogP contribution in [0.15, 0.2) is 23.3 Å². The smallest absolute Gasteiger partial charge is 0.191 e. The lowest BCUT2D eigenvalue weighted by Gasteiger charge is -2.43. The molecule has 1 aromatic heterocycles. The topological polar surface area (TPSA) is 55.8 Å². The lowest BCUT2D eigenvalue weighted by molar-refractivity contribution is 0.0739. The largest absolute Gasteiger partial charge is 0.355 e. The first-order valence-corrected chi connectivity index (χ1v) is 10.5. The fraction of sp³-hybridized carbons (Fsp3) is 0.714. The molecule has 2 saturated heterocycles. The first-order chi connectivity index (χ1) is 13.4. The van der Waals surface area contributed by atoms with Gasteiger partial charge in [0.05, 0.1) is 0 Å². The Morgan fingerprint density at radius 3 is 2.79 bits per heavy atom. The second-order valence-electron chi connectivity index (χ2n) is 8.82. The molecule has 3 heterocycles. The minimum atomic E-state index is -0.261. The van der Waals surface area contributed by atoms with Gasteiger partial charge in [-0.05, 0) is 57.7 Å². The first kappa shape index (κ1) is 24.1. The van der Waals surface area contributed by atoms with E-state index in [2.05, 4.69) is 46.3 Å². The molecule has 164 valence electrons. The molecule has 2 aliphatic heterocycles. The molecule has 2 atom stereocenters. The second-order valence-corrected chi connectivity index (χ2v) is 8.82. The first-order valence-electron chi connectivity index (χ1n) is 10.5. The highest BCUT2D eigenvalue weighted by Gasteiger charge is 2.31. The summed E-state index contributed by atoms with van der Waals surface area (Å²) < 4.78 is 14.0. The maximum atomic E-state index is 14.0. The summed E-state index contributed by atoms with van der Waals surface area (Å²) in [5.41, 5.74) is 0.0745. The number of anilines is 1. The van der Waals surface area contributed by atoms with Gasteiger partial charge in [0, 0.05) is 51.0 Å². The number of hydrogen-bond donors (Lipinski definition) is 2. The van der Waals surface area contributed by atoms with Crippen molar-refractivity contribution in [2.24, 2.45) is 10.9 Å². The van der Waals surface area contributed by atoms with Crippen LogP contribution in [-0.2, 0) is 0 Å². The van der Waals surface area contributed by atoms with Crippen LogP contribution in [0.4, 0.5) is 10.2 Å². The minimum Gasteiger partial charge on any atom is -0.355 e. The minimum absolute atomic E-state index is 0. The van der Waals surface area contributed by atoms with Gasteiger partial charge in [0.15, 0.2) is 17.6 Å². The predicted octanol–water partition coefficient (Wildman–Crippen LogP) is 3.09. The summed E-state index contributed by atoms with van der Waals surface area (Å²) in [6.45, 7) is 11.6. The lowest BCUT2D eigenvalue weighted by Crippen LogP contribution is -2.56. The number of hydrogen-bond acceptors (Lipinski definition) is 4. The van der Waals surface area contributed by atoms with Gasteiger partial charge in [-0.1, -0.05) is 6.92 Å². The summed E-state index contributed by atoms with van der Waals surface area (Å²) in [6.07, 6.45) is 5.19. The third kappa shape index (κ3) is 6.41. The van der Waals surface area contributed by atoms with E-state index in [1.54, 1.807) is 19.3 Å². The van der Waals surface area contributed by atoms with E-state index in [4.69, 9.17) is 0 Å². The van der Waals surface area contributed by atoms with E-state index in [-0.39, 0.29) is 41.4 Å². The quantitative estimate of drug-likeness (QED) is 0.357. The van der Waals surface area contributed by atoms with E-state index in [1.807, 2.05) is 4.90 Å². The van der Waals surface area contributed by atoms with Gasteiger partial charge in [-0.25, -0.2) is 9.37 Å². The van der Waals surface area contributed by atoms with E-state index >= 15 is 0 Å². The normalized spacial score (nSPS) is 23.6. The van der Waals surface area contributed by atoms with Gasteiger partial charge in [-0.3, -0.25) is 9.89 Å². The second kappa shape index (κ2) is 10.7. The van der Waals surface area contributed by atoms with Gasteiger partial charge in [0.1, 0.15) is 0 Å². The molecule has 2 N–H and O–H groups in total. The highest BCUT2D eigenvalue weighted by molar-refractivity contribution is 14.0. The zero-order valence-electron chi connectivity index (χ0n) is 18.1. The number of halogens is 2. The molecule has 8 heteroatoms. The van der Waals surface area contributed by atoms with E-state index in [9.17, 15) is 4.39 Å². The van der Waals surface area contributed by atoms with Crippen LogP contribution in [0.1, 0.15) is 40.0 Å². The van der Waals surface area contributed by atoms with Crippen LogP contribution in [0.2, 0.25) is 0 Å². The lowest BCUT2D eigenvalue weighted by atomic mass is 9.93. The van der Waals surface area contributed by atoms with E-state index in [0.717, 1.165) is 51.0 Å². The summed E-state index contributed by atoms with van der Waals surface area (Å²) in [5, 5.41) is 7.00. The molecule has 1 aromatic rings. The Morgan fingerprint density at radius 2 is 2.10 bits per heavy atom. The number of pyridine rings is 1. The number of aliphatic imine (C=N–C) groups is 1. The molecule has 3 rings (SSSR count). The van der Waals surface area contributed by atoms with Crippen LogP contribution in [0.25, 0.3) is 0 Å². The van der Waals surface area contributed by atoms with Crippen LogP contribution >= 0.6 is 24.0 Å². The van der Waals surface area contributed by atoms with Gasteiger partial charge in [-0.15, -0.1) is 24.0 Å². The summed E-state index contributed by atoms with van der Waals surface area (Å²) >= 11 is 0. The predicted molar refractivity (Wildman–Crippen MR) is 129 cm³/mol. The van der Waals surface area contributed by atoms with Crippen molar-refractivity contribution in [2.45, 2.75) is 51.6 Å². The van der Waals surface area contributed by atoms with Crippen LogP contribution < -0.4 is 15.5 Å². The van der Waals surface area contributed by atoms with Gasteiger partial charge in [0.25, 0.3) is 0 Å². The number of nitrogens with zero attached hydrogens (tertiary/aromatic N) is 4.